The van der Waals surface area contributed by atoms with Crippen LogP contribution in [0.4, 0.5) is 5.82 Å². The minimum absolute atomic E-state index is 0.0539. The summed E-state index contributed by atoms with van der Waals surface area (Å²) in [5, 5.41) is 12.4. The predicted octanol–water partition coefficient (Wildman–Crippen LogP) is 3.10. The van der Waals surface area contributed by atoms with Crippen molar-refractivity contribution in [3.63, 3.8) is 0 Å². The average molecular weight is 356 g/mol. The van der Waals surface area contributed by atoms with Gasteiger partial charge in [0.2, 0.25) is 5.91 Å². The highest BCUT2D eigenvalue weighted by Crippen LogP contribution is 2.40. The van der Waals surface area contributed by atoms with Crippen LogP contribution in [0.2, 0.25) is 5.15 Å². The van der Waals surface area contributed by atoms with E-state index in [1.54, 1.807) is 4.68 Å². The van der Waals surface area contributed by atoms with Crippen LogP contribution in [0.15, 0.2) is 36.5 Å². The number of rotatable bonds is 3. The second-order valence-electron chi connectivity index (χ2n) is 6.33. The topological polar surface area (TPSA) is 64.7 Å². The monoisotopic (exact) mass is 355 g/mol. The Balaban J connectivity index is 1.74. The molecule has 25 heavy (non-hydrogen) atoms. The van der Waals surface area contributed by atoms with Crippen molar-refractivity contribution >= 4 is 23.3 Å². The number of carbonyl (C=O) groups excluding carboxylic acids is 1. The first-order valence-corrected chi connectivity index (χ1v) is 8.51. The van der Waals surface area contributed by atoms with E-state index >= 15 is 0 Å². The number of benzene rings is 1. The number of nitrogens with zero attached hydrogens (tertiary/aromatic N) is 4. The van der Waals surface area contributed by atoms with Crippen LogP contribution in [-0.2, 0) is 18.4 Å². The van der Waals surface area contributed by atoms with Crippen LogP contribution in [0.25, 0.3) is 0 Å². The third-order valence-electron chi connectivity index (χ3n) is 4.54. The van der Waals surface area contributed by atoms with Gasteiger partial charge in [0.15, 0.2) is 5.82 Å². The van der Waals surface area contributed by atoms with Gasteiger partial charge < -0.3 is 5.32 Å². The zero-order chi connectivity index (χ0) is 17.6. The summed E-state index contributed by atoms with van der Waals surface area (Å²) >= 11 is 6.44. The van der Waals surface area contributed by atoms with Gasteiger partial charge in [0, 0.05) is 36.7 Å². The van der Waals surface area contributed by atoms with E-state index < -0.39 is 0 Å². The van der Waals surface area contributed by atoms with E-state index in [-0.39, 0.29) is 11.8 Å². The van der Waals surface area contributed by atoms with Gasteiger partial charge >= 0.3 is 0 Å². The molecule has 4 rings (SSSR count). The number of anilines is 1. The molecule has 1 aromatic carbocycles. The van der Waals surface area contributed by atoms with Crippen molar-refractivity contribution in [2.45, 2.75) is 25.8 Å². The molecule has 0 saturated heterocycles. The highest BCUT2D eigenvalue weighted by molar-refractivity contribution is 6.30. The Kier molecular flexibility index (Phi) is 3.84. The average Bonchev–Trinajstić information content (AvgIpc) is 3.08. The van der Waals surface area contributed by atoms with Crippen molar-refractivity contribution < 1.29 is 4.79 Å². The molecule has 0 unspecified atom stereocenters. The highest BCUT2D eigenvalue weighted by Gasteiger charge is 2.33. The molecule has 2 aromatic heterocycles. The molecular weight excluding hydrogens is 338 g/mol. The fourth-order valence-electron chi connectivity index (χ4n) is 3.42. The summed E-state index contributed by atoms with van der Waals surface area (Å²) in [6.45, 7) is 2.57. The Bertz CT molecular complexity index is 944. The van der Waals surface area contributed by atoms with Crippen molar-refractivity contribution in [2.75, 3.05) is 5.32 Å². The maximum Gasteiger partial charge on any atom is 0.226 e. The minimum Gasteiger partial charge on any atom is -0.309 e. The van der Waals surface area contributed by atoms with Crippen LogP contribution < -0.4 is 5.32 Å². The summed E-state index contributed by atoms with van der Waals surface area (Å²) in [7, 11) is 1.81. The molecule has 1 amide bonds. The molecule has 0 radical (unpaired) electrons. The standard InChI is InChI=1S/C18H18ClN5O/c1-11-16(17(19)23(2)21-11)13-8-15(25)20-18-14(13)10-24(22-18)9-12-6-4-3-5-7-12/h3-7,10,13H,8-9H2,1-2H3,(H,20,22,25)/t13-/m0/s1. The lowest BCUT2D eigenvalue weighted by Crippen LogP contribution is -2.23. The molecule has 0 bridgehead atoms. The van der Waals surface area contributed by atoms with Gasteiger partial charge in [-0.25, -0.2) is 0 Å². The molecule has 6 nitrogen and oxygen atoms in total. The number of halogens is 1. The molecule has 1 N–H and O–H groups in total. The van der Waals surface area contributed by atoms with Gasteiger partial charge in [-0.1, -0.05) is 41.9 Å². The second kappa shape index (κ2) is 6.04. The smallest absolute Gasteiger partial charge is 0.226 e. The Morgan fingerprint density at radius 2 is 2.04 bits per heavy atom. The van der Waals surface area contributed by atoms with E-state index in [0.717, 1.165) is 22.4 Å². The molecule has 1 aliphatic rings. The summed E-state index contributed by atoms with van der Waals surface area (Å²) in [6, 6.07) is 10.1. The van der Waals surface area contributed by atoms with Crippen LogP contribution >= 0.6 is 11.6 Å². The van der Waals surface area contributed by atoms with Crippen LogP contribution in [0.5, 0.6) is 0 Å². The van der Waals surface area contributed by atoms with Crippen LogP contribution in [0.1, 0.15) is 34.7 Å². The highest BCUT2D eigenvalue weighted by atomic mass is 35.5. The van der Waals surface area contributed by atoms with Gasteiger partial charge in [0.05, 0.1) is 12.2 Å². The zero-order valence-electron chi connectivity index (χ0n) is 14.0. The summed E-state index contributed by atoms with van der Waals surface area (Å²) in [5.74, 6) is 0.424. The Hall–Kier alpha value is -2.60. The lowest BCUT2D eigenvalue weighted by atomic mass is 9.88. The molecule has 1 aliphatic heterocycles. The first-order valence-electron chi connectivity index (χ1n) is 8.13. The third-order valence-corrected chi connectivity index (χ3v) is 4.99. The molecular formula is C18H18ClN5O. The molecule has 3 heterocycles. The van der Waals surface area contributed by atoms with Gasteiger partial charge in [-0.05, 0) is 12.5 Å². The number of amides is 1. The lowest BCUT2D eigenvalue weighted by molar-refractivity contribution is -0.116. The normalized spacial score (nSPS) is 16.6. The van der Waals surface area contributed by atoms with Gasteiger partial charge in [-0.2, -0.15) is 10.2 Å². The molecule has 128 valence electrons. The summed E-state index contributed by atoms with van der Waals surface area (Å²) in [6.07, 6.45) is 2.34. The minimum atomic E-state index is -0.130. The van der Waals surface area contributed by atoms with Crippen molar-refractivity contribution in [1.82, 2.24) is 19.6 Å². The molecule has 0 aliphatic carbocycles. The van der Waals surface area contributed by atoms with E-state index in [0.29, 0.717) is 23.9 Å². The summed E-state index contributed by atoms with van der Waals surface area (Å²) < 4.78 is 3.50. The van der Waals surface area contributed by atoms with E-state index in [2.05, 4.69) is 27.6 Å². The third kappa shape index (κ3) is 2.82. The Morgan fingerprint density at radius 3 is 2.72 bits per heavy atom. The number of aromatic nitrogens is 4. The molecule has 0 spiro atoms. The number of aryl methyl sites for hydroxylation is 2. The summed E-state index contributed by atoms with van der Waals surface area (Å²) in [4.78, 5) is 12.2. The first kappa shape index (κ1) is 15.9. The SMILES string of the molecule is Cc1nn(C)c(Cl)c1[C@H]1CC(=O)Nc2nn(Cc3ccccc3)cc21. The van der Waals surface area contributed by atoms with Gasteiger partial charge in [-0.15, -0.1) is 0 Å². The number of nitrogens with one attached hydrogen (secondary N) is 1. The number of fused-ring (bicyclic) bond motifs is 1. The van der Waals surface area contributed by atoms with Crippen molar-refractivity contribution in [3.8, 4) is 0 Å². The van der Waals surface area contributed by atoms with Crippen molar-refractivity contribution in [1.29, 1.82) is 0 Å². The zero-order valence-corrected chi connectivity index (χ0v) is 14.8. The van der Waals surface area contributed by atoms with Gasteiger partial charge in [0.1, 0.15) is 5.15 Å². The Morgan fingerprint density at radius 1 is 1.28 bits per heavy atom. The predicted molar refractivity (Wildman–Crippen MR) is 95.8 cm³/mol. The fraction of sp³-hybridized carbons (Fsp3) is 0.278. The number of hydrogen-bond donors (Lipinski definition) is 1. The van der Waals surface area contributed by atoms with Crippen LogP contribution in [-0.4, -0.2) is 25.5 Å². The van der Waals surface area contributed by atoms with Crippen molar-refractivity contribution in [2.24, 2.45) is 7.05 Å². The second-order valence-corrected chi connectivity index (χ2v) is 6.69. The molecule has 7 heteroatoms. The summed E-state index contributed by atoms with van der Waals surface area (Å²) in [5.41, 5.74) is 3.88. The van der Waals surface area contributed by atoms with Crippen molar-refractivity contribution in [3.05, 3.63) is 64.1 Å². The van der Waals surface area contributed by atoms with Gasteiger partial charge in [-0.3, -0.25) is 14.2 Å². The fourth-order valence-corrected chi connectivity index (χ4v) is 3.72. The maximum atomic E-state index is 12.2. The maximum absolute atomic E-state index is 12.2. The van der Waals surface area contributed by atoms with E-state index in [1.165, 1.54) is 0 Å². The Labute approximate surface area is 150 Å². The molecule has 3 aromatic rings. The number of carbonyl (C=O) groups is 1. The lowest BCUT2D eigenvalue weighted by Gasteiger charge is -2.21. The van der Waals surface area contributed by atoms with Crippen LogP contribution in [0.3, 0.4) is 0 Å². The number of hydrogen-bond acceptors (Lipinski definition) is 3. The molecule has 1 atom stereocenters. The largest absolute Gasteiger partial charge is 0.309 e. The van der Waals surface area contributed by atoms with E-state index in [1.807, 2.05) is 43.0 Å². The molecule has 0 fully saturated rings. The first-order chi connectivity index (χ1) is 12.0. The molecule has 0 saturated carbocycles. The van der Waals surface area contributed by atoms with E-state index in [9.17, 15) is 4.79 Å². The van der Waals surface area contributed by atoms with Gasteiger partial charge in [0.25, 0.3) is 0 Å². The van der Waals surface area contributed by atoms with E-state index in [4.69, 9.17) is 11.6 Å². The quantitative estimate of drug-likeness (QED) is 0.785. The van der Waals surface area contributed by atoms with Crippen LogP contribution in [0, 0.1) is 6.92 Å².